The Hall–Kier alpha value is -2.78. The summed E-state index contributed by atoms with van der Waals surface area (Å²) in [6, 6.07) is 14.3. The standard InChI is InChI=1S/C45H62N2O5S/c1-29(2)34-18-24-45(28-52-47-27-21-30-8-14-33(15-9-30)53(46,50)51)26-25-43(6)36(39(34)45)16-17-38-42(5)22-19-35(31-10-12-32(13-11-31)40(48)49)41(3,4)37(42)20-23-44(38,43)7/h8-15,19,34,36-39,47H,1,16-18,20-28H2,2-7H3,(H,48,49)(H2,46,50,51)/t34-,36?,37?,38?,39?,42-,43+,44+,45+/m0/s1. The van der Waals surface area contributed by atoms with Gasteiger partial charge in [0.05, 0.1) is 17.1 Å². The highest BCUT2D eigenvalue weighted by atomic mass is 32.2. The molecule has 7 nitrogen and oxygen atoms in total. The minimum atomic E-state index is -3.70. The predicted molar refractivity (Wildman–Crippen MR) is 211 cm³/mol. The number of rotatable bonds is 10. The first-order valence-electron chi connectivity index (χ1n) is 20.0. The first kappa shape index (κ1) is 38.5. The number of fused-ring (bicyclic) bond motifs is 7. The van der Waals surface area contributed by atoms with Crippen molar-refractivity contribution in [3.05, 3.63) is 83.4 Å². The molecule has 4 N–H and O–H groups in total. The van der Waals surface area contributed by atoms with Crippen molar-refractivity contribution in [2.24, 2.45) is 61.8 Å². The van der Waals surface area contributed by atoms with Gasteiger partial charge in [-0.05, 0) is 169 Å². The topological polar surface area (TPSA) is 119 Å². The summed E-state index contributed by atoms with van der Waals surface area (Å²) in [5.41, 5.74) is 9.38. The van der Waals surface area contributed by atoms with Crippen LogP contribution in [0.2, 0.25) is 0 Å². The Morgan fingerprint density at radius 3 is 2.25 bits per heavy atom. The van der Waals surface area contributed by atoms with E-state index in [2.05, 4.69) is 59.7 Å². The molecule has 0 radical (unpaired) electrons. The van der Waals surface area contributed by atoms with Gasteiger partial charge in [-0.3, -0.25) is 0 Å². The minimum absolute atomic E-state index is 0.00600. The van der Waals surface area contributed by atoms with E-state index in [1.165, 1.54) is 62.5 Å². The fourth-order valence-electron chi connectivity index (χ4n) is 13.7. The maximum absolute atomic E-state index is 11.6. The summed E-state index contributed by atoms with van der Waals surface area (Å²) in [5, 5.41) is 14.8. The van der Waals surface area contributed by atoms with Crippen molar-refractivity contribution in [1.82, 2.24) is 5.48 Å². The molecule has 0 aliphatic heterocycles. The number of aromatic carboxylic acids is 1. The third-order valence-electron chi connectivity index (χ3n) is 16.5. The maximum Gasteiger partial charge on any atom is 0.335 e. The lowest BCUT2D eigenvalue weighted by molar-refractivity contribution is -0.231. The summed E-state index contributed by atoms with van der Waals surface area (Å²) in [7, 11) is -3.70. The molecule has 8 heteroatoms. The van der Waals surface area contributed by atoms with E-state index in [1.807, 2.05) is 24.3 Å². The number of primary sulfonamides is 1. The molecule has 0 saturated heterocycles. The van der Waals surface area contributed by atoms with Gasteiger partial charge >= 0.3 is 5.97 Å². The van der Waals surface area contributed by atoms with Gasteiger partial charge in [0.2, 0.25) is 10.0 Å². The maximum atomic E-state index is 11.6. The Balaban J connectivity index is 1.09. The fourth-order valence-corrected chi connectivity index (χ4v) is 14.3. The smallest absolute Gasteiger partial charge is 0.335 e. The van der Waals surface area contributed by atoms with Gasteiger partial charge in [0.25, 0.3) is 0 Å². The minimum Gasteiger partial charge on any atom is -0.478 e. The quantitative estimate of drug-likeness (QED) is 0.127. The number of carbonyl (C=O) groups is 1. The van der Waals surface area contributed by atoms with E-state index in [9.17, 15) is 18.3 Å². The highest BCUT2D eigenvalue weighted by molar-refractivity contribution is 7.89. The van der Waals surface area contributed by atoms with E-state index >= 15 is 0 Å². The molecule has 0 aromatic heterocycles. The van der Waals surface area contributed by atoms with E-state index in [-0.39, 0.29) is 32.0 Å². The molecule has 9 atom stereocenters. The summed E-state index contributed by atoms with van der Waals surface area (Å²) in [4.78, 5) is 18.1. The van der Waals surface area contributed by atoms with Crippen LogP contribution >= 0.6 is 0 Å². The molecular formula is C45H62N2O5S. The monoisotopic (exact) mass is 742 g/mol. The van der Waals surface area contributed by atoms with Gasteiger partial charge in [0.1, 0.15) is 0 Å². The van der Waals surface area contributed by atoms with E-state index in [4.69, 9.17) is 9.98 Å². The number of nitrogens with one attached hydrogen (secondary N) is 1. The first-order valence-corrected chi connectivity index (χ1v) is 21.6. The van der Waals surface area contributed by atoms with Crippen molar-refractivity contribution in [1.29, 1.82) is 0 Å². The molecule has 0 bridgehead atoms. The van der Waals surface area contributed by atoms with E-state index in [0.29, 0.717) is 48.3 Å². The molecule has 5 aliphatic carbocycles. The van der Waals surface area contributed by atoms with Gasteiger partial charge in [-0.25, -0.2) is 23.8 Å². The summed E-state index contributed by atoms with van der Waals surface area (Å²) < 4.78 is 23.3. The van der Waals surface area contributed by atoms with Crippen LogP contribution in [0, 0.1) is 56.7 Å². The molecule has 2 aromatic rings. The number of hydrogen-bond donors (Lipinski definition) is 3. The Morgan fingerprint density at radius 2 is 1.60 bits per heavy atom. The molecule has 0 spiro atoms. The zero-order valence-corrected chi connectivity index (χ0v) is 33.7. The van der Waals surface area contributed by atoms with Crippen LogP contribution in [0.25, 0.3) is 5.57 Å². The summed E-state index contributed by atoms with van der Waals surface area (Å²) in [6.07, 6.45) is 14.2. The molecule has 7 rings (SSSR count). The van der Waals surface area contributed by atoms with Crippen molar-refractivity contribution < 1.29 is 23.2 Å². The molecule has 4 unspecified atom stereocenters. The Labute approximate surface area is 318 Å². The molecule has 0 heterocycles. The highest BCUT2D eigenvalue weighted by Gasteiger charge is 2.70. The summed E-state index contributed by atoms with van der Waals surface area (Å²) >= 11 is 0. The van der Waals surface area contributed by atoms with Crippen molar-refractivity contribution in [3.8, 4) is 0 Å². The Bertz CT molecular complexity index is 1890. The van der Waals surface area contributed by atoms with Gasteiger partial charge in [0.15, 0.2) is 0 Å². The average Bonchev–Trinajstić information content (AvgIpc) is 3.48. The van der Waals surface area contributed by atoms with Gasteiger partial charge in [-0.1, -0.05) is 77.1 Å². The van der Waals surface area contributed by atoms with Crippen molar-refractivity contribution in [3.63, 3.8) is 0 Å². The average molecular weight is 743 g/mol. The van der Waals surface area contributed by atoms with Gasteiger partial charge in [-0.15, -0.1) is 0 Å². The van der Waals surface area contributed by atoms with E-state index in [0.717, 1.165) is 24.0 Å². The van der Waals surface area contributed by atoms with E-state index < -0.39 is 16.0 Å². The second-order valence-corrected chi connectivity index (χ2v) is 20.7. The summed E-state index contributed by atoms with van der Waals surface area (Å²) in [5.74, 6) is 2.07. The number of allylic oxidation sites excluding steroid dienone is 3. The van der Waals surface area contributed by atoms with Gasteiger partial charge < -0.3 is 9.94 Å². The number of hydrogen-bond acceptors (Lipinski definition) is 5. The number of carboxylic acids is 1. The van der Waals surface area contributed by atoms with E-state index in [1.54, 1.807) is 24.3 Å². The van der Waals surface area contributed by atoms with Crippen LogP contribution in [0.15, 0.2) is 71.7 Å². The number of sulfonamides is 1. The lowest BCUT2D eigenvalue weighted by atomic mass is 9.32. The second kappa shape index (κ2) is 13.5. The SMILES string of the molecule is C=C(C)[C@@H]1CC[C@]2(CONCCc3ccc(S(N)(=O)=O)cc3)CC[C@]3(C)C(CCC4[C@@]5(C)CC=C(c6ccc(C(=O)O)cc6)C(C)(C)C5CC[C@]43C)C12. The van der Waals surface area contributed by atoms with Crippen LogP contribution in [-0.4, -0.2) is 32.6 Å². The molecule has 0 amide bonds. The molecule has 53 heavy (non-hydrogen) atoms. The van der Waals surface area contributed by atoms with Crippen molar-refractivity contribution >= 4 is 21.6 Å². The number of benzene rings is 2. The van der Waals surface area contributed by atoms with Crippen LogP contribution in [-0.2, 0) is 21.3 Å². The van der Waals surface area contributed by atoms with Crippen LogP contribution < -0.4 is 10.6 Å². The number of nitrogens with two attached hydrogens (primary N) is 1. The van der Waals surface area contributed by atoms with Crippen LogP contribution in [0.3, 0.4) is 0 Å². The molecule has 4 saturated carbocycles. The Kier molecular flexibility index (Phi) is 9.77. The molecular weight excluding hydrogens is 681 g/mol. The van der Waals surface area contributed by atoms with Crippen molar-refractivity contribution in [2.45, 2.75) is 111 Å². The lowest BCUT2D eigenvalue weighted by Gasteiger charge is -2.72. The number of hydroxylamine groups is 1. The molecule has 5 aliphatic rings. The van der Waals surface area contributed by atoms with Crippen LogP contribution in [0.4, 0.5) is 0 Å². The predicted octanol–water partition coefficient (Wildman–Crippen LogP) is 9.45. The van der Waals surface area contributed by atoms with Crippen molar-refractivity contribution in [2.75, 3.05) is 13.2 Å². The van der Waals surface area contributed by atoms with Gasteiger partial charge in [-0.2, -0.15) is 0 Å². The normalized spacial score (nSPS) is 37.4. The van der Waals surface area contributed by atoms with Crippen LogP contribution in [0.1, 0.15) is 121 Å². The third kappa shape index (κ3) is 6.18. The molecule has 288 valence electrons. The molecule has 2 aromatic carbocycles. The third-order valence-corrected chi connectivity index (χ3v) is 17.4. The van der Waals surface area contributed by atoms with Crippen LogP contribution in [0.5, 0.6) is 0 Å². The largest absolute Gasteiger partial charge is 0.478 e. The lowest BCUT2D eigenvalue weighted by Crippen LogP contribution is -2.65. The zero-order chi connectivity index (χ0) is 38.2. The number of carboxylic acid groups (broad SMARTS) is 1. The Morgan fingerprint density at radius 1 is 0.906 bits per heavy atom. The summed E-state index contributed by atoms with van der Waals surface area (Å²) in [6.45, 7) is 21.1. The van der Waals surface area contributed by atoms with Gasteiger partial charge in [0, 0.05) is 6.54 Å². The fraction of sp³-hybridized carbons (Fsp3) is 0.622. The first-order chi connectivity index (χ1) is 24.9. The highest BCUT2D eigenvalue weighted by Crippen LogP contribution is 2.77. The second-order valence-electron chi connectivity index (χ2n) is 19.1. The molecule has 4 fully saturated rings. The zero-order valence-electron chi connectivity index (χ0n) is 32.8.